The average Bonchev–Trinajstić information content (AvgIpc) is 3.09. The zero-order chi connectivity index (χ0) is 14.5. The van der Waals surface area contributed by atoms with E-state index in [0.717, 1.165) is 12.3 Å². The highest BCUT2D eigenvalue weighted by Gasteiger charge is 2.57. The molecule has 0 saturated heterocycles. The molecule has 0 heterocycles. The van der Waals surface area contributed by atoms with Gasteiger partial charge < -0.3 is 0 Å². The number of Topliss-reactive ketones (excluding diaryl/α,β-unsaturated/α-hetero) is 1. The molecule has 0 radical (unpaired) electrons. The van der Waals surface area contributed by atoms with E-state index in [9.17, 15) is 4.79 Å². The van der Waals surface area contributed by atoms with E-state index < -0.39 is 0 Å². The van der Waals surface area contributed by atoms with Crippen LogP contribution in [0.15, 0.2) is 29.3 Å². The third-order valence-electron chi connectivity index (χ3n) is 7.79. The molecule has 0 amide bonds. The number of carbonyl (C=O) groups excluding carboxylic acids is 1. The fourth-order valence-corrected chi connectivity index (χ4v) is 6.82. The van der Waals surface area contributed by atoms with Crippen molar-refractivity contribution < 1.29 is 4.79 Å². The van der Waals surface area contributed by atoms with Crippen LogP contribution in [0, 0.1) is 17.3 Å². The normalized spacial score (nSPS) is 40.7. The van der Waals surface area contributed by atoms with Gasteiger partial charge in [-0.1, -0.05) is 29.3 Å². The van der Waals surface area contributed by atoms with E-state index in [1.165, 1.54) is 55.2 Å². The highest BCUT2D eigenvalue weighted by Crippen LogP contribution is 2.66. The van der Waals surface area contributed by atoms with Crippen molar-refractivity contribution in [3.05, 3.63) is 46.0 Å². The van der Waals surface area contributed by atoms with Crippen molar-refractivity contribution in [1.29, 1.82) is 0 Å². The summed E-state index contributed by atoms with van der Waals surface area (Å²) in [6, 6.07) is 7.12. The molecule has 1 spiro atoms. The van der Waals surface area contributed by atoms with Crippen LogP contribution in [0.1, 0.15) is 61.1 Å². The minimum atomic E-state index is 0.279. The van der Waals surface area contributed by atoms with Gasteiger partial charge in [0.15, 0.2) is 0 Å². The summed E-state index contributed by atoms with van der Waals surface area (Å²) in [5.41, 5.74) is 8.18. The van der Waals surface area contributed by atoms with Gasteiger partial charge in [-0.25, -0.2) is 0 Å². The van der Waals surface area contributed by atoms with Crippen molar-refractivity contribution in [3.63, 3.8) is 0 Å². The standard InChI is InChI=1S/C21H22O/c22-20-10-16-7-12-1-2-14(16)9-19(20)21-6-5-15(11-21)17-8-13(12)3-4-18(17)21/h1-2,7,13,15,19H,3-6,8-11H2. The van der Waals surface area contributed by atoms with Crippen LogP contribution in [0.4, 0.5) is 0 Å². The summed E-state index contributed by atoms with van der Waals surface area (Å²) in [7, 11) is 0. The Bertz CT molecular complexity index is 755. The minimum Gasteiger partial charge on any atom is -0.299 e. The molecule has 11 rings (SSSR count). The van der Waals surface area contributed by atoms with Crippen molar-refractivity contribution >= 4 is 5.78 Å². The maximum absolute atomic E-state index is 13.0. The Morgan fingerprint density at radius 1 is 1.05 bits per heavy atom. The summed E-state index contributed by atoms with van der Waals surface area (Å²) in [4.78, 5) is 13.0. The molecule has 1 fully saturated rings. The summed E-state index contributed by atoms with van der Waals surface area (Å²) in [6.45, 7) is 0. The highest BCUT2D eigenvalue weighted by molar-refractivity contribution is 5.87. The molecule has 22 heavy (non-hydrogen) atoms. The molecule has 0 N–H and O–H groups in total. The second-order valence-corrected chi connectivity index (χ2v) is 8.47. The van der Waals surface area contributed by atoms with Crippen molar-refractivity contribution in [1.82, 2.24) is 0 Å². The van der Waals surface area contributed by atoms with Crippen LogP contribution >= 0.6 is 0 Å². The first-order chi connectivity index (χ1) is 10.7. The Morgan fingerprint density at radius 2 is 2.00 bits per heavy atom. The molecular formula is C21H22O. The van der Waals surface area contributed by atoms with Gasteiger partial charge in [-0.15, -0.1) is 0 Å². The number of hydrogen-bond acceptors (Lipinski definition) is 1. The predicted molar refractivity (Wildman–Crippen MR) is 85.7 cm³/mol. The van der Waals surface area contributed by atoms with Crippen LogP contribution in [0.3, 0.4) is 0 Å². The first kappa shape index (κ1) is 12.1. The fraction of sp³-hybridized carbons (Fsp3) is 0.571. The lowest BCUT2D eigenvalue weighted by Gasteiger charge is -2.42. The summed E-state index contributed by atoms with van der Waals surface area (Å²) >= 11 is 0. The second kappa shape index (κ2) is 3.75. The third-order valence-corrected chi connectivity index (χ3v) is 7.79. The molecular weight excluding hydrogens is 268 g/mol. The molecule has 1 nitrogen and oxygen atoms in total. The summed E-state index contributed by atoms with van der Waals surface area (Å²) in [5, 5.41) is 0. The lowest BCUT2D eigenvalue weighted by Crippen LogP contribution is -2.40. The lowest BCUT2D eigenvalue weighted by atomic mass is 9.61. The van der Waals surface area contributed by atoms with Crippen molar-refractivity contribution in [2.24, 2.45) is 17.3 Å². The van der Waals surface area contributed by atoms with Crippen molar-refractivity contribution in [2.75, 3.05) is 0 Å². The topological polar surface area (TPSA) is 17.1 Å². The van der Waals surface area contributed by atoms with Gasteiger partial charge in [0.2, 0.25) is 0 Å². The molecule has 112 valence electrons. The van der Waals surface area contributed by atoms with Gasteiger partial charge in [-0.05, 0) is 73.5 Å². The van der Waals surface area contributed by atoms with Gasteiger partial charge in [0.05, 0.1) is 0 Å². The van der Waals surface area contributed by atoms with Gasteiger partial charge in [0.25, 0.3) is 0 Å². The number of carbonyl (C=O) groups is 1. The largest absolute Gasteiger partial charge is 0.299 e. The van der Waals surface area contributed by atoms with E-state index in [2.05, 4.69) is 18.2 Å². The van der Waals surface area contributed by atoms with Crippen molar-refractivity contribution in [3.8, 4) is 0 Å². The second-order valence-electron chi connectivity index (χ2n) is 8.47. The van der Waals surface area contributed by atoms with Crippen molar-refractivity contribution in [2.45, 2.75) is 57.3 Å². The quantitative estimate of drug-likeness (QED) is 0.649. The first-order valence-corrected chi connectivity index (χ1v) is 9.11. The molecule has 9 bridgehead atoms. The summed E-state index contributed by atoms with van der Waals surface area (Å²) in [6.07, 6.45) is 9.56. The Labute approximate surface area is 131 Å². The van der Waals surface area contributed by atoms with E-state index in [-0.39, 0.29) is 11.3 Å². The molecule has 4 unspecified atom stereocenters. The Balaban J connectivity index is 1.67. The Morgan fingerprint density at radius 3 is 2.95 bits per heavy atom. The average molecular weight is 290 g/mol. The number of hydrogen-bond donors (Lipinski definition) is 0. The van der Waals surface area contributed by atoms with Crippen LogP contribution in [0.2, 0.25) is 0 Å². The number of allylic oxidation sites excluding steroid dienone is 2. The van der Waals surface area contributed by atoms with E-state index >= 15 is 0 Å². The van der Waals surface area contributed by atoms with Gasteiger partial charge in [0.1, 0.15) is 5.78 Å². The number of rotatable bonds is 0. The van der Waals surface area contributed by atoms with Crippen LogP contribution in [-0.2, 0) is 17.6 Å². The van der Waals surface area contributed by atoms with Crippen LogP contribution in [0.5, 0.6) is 0 Å². The molecule has 0 aromatic heterocycles. The summed E-state index contributed by atoms with van der Waals surface area (Å²) in [5.74, 6) is 2.37. The van der Waals surface area contributed by atoms with E-state index in [1.54, 1.807) is 11.1 Å². The van der Waals surface area contributed by atoms with E-state index in [4.69, 9.17) is 0 Å². The molecule has 1 heteroatoms. The van der Waals surface area contributed by atoms with E-state index in [1.807, 2.05) is 0 Å². The molecule has 4 atom stereocenters. The smallest absolute Gasteiger partial charge is 0.141 e. The van der Waals surface area contributed by atoms with Gasteiger partial charge >= 0.3 is 0 Å². The number of fused-ring (bicyclic) bond motifs is 1. The zero-order valence-electron chi connectivity index (χ0n) is 13.0. The highest BCUT2D eigenvalue weighted by atomic mass is 16.1. The number of ketones is 1. The first-order valence-electron chi connectivity index (χ1n) is 9.11. The molecule has 10 aliphatic carbocycles. The molecule has 10 aliphatic rings. The molecule has 1 aromatic rings. The molecule has 1 aromatic carbocycles. The van der Waals surface area contributed by atoms with Gasteiger partial charge in [-0.2, -0.15) is 0 Å². The van der Waals surface area contributed by atoms with Crippen LogP contribution < -0.4 is 0 Å². The lowest BCUT2D eigenvalue weighted by molar-refractivity contribution is -0.126. The number of benzene rings is 1. The summed E-state index contributed by atoms with van der Waals surface area (Å²) < 4.78 is 0. The maximum atomic E-state index is 13.0. The minimum absolute atomic E-state index is 0.279. The zero-order valence-corrected chi connectivity index (χ0v) is 13.0. The predicted octanol–water partition coefficient (Wildman–Crippen LogP) is 4.35. The monoisotopic (exact) mass is 290 g/mol. The Hall–Kier alpha value is -1.37. The van der Waals surface area contributed by atoms with Gasteiger partial charge in [0, 0.05) is 17.8 Å². The third kappa shape index (κ3) is 1.27. The fourth-order valence-electron chi connectivity index (χ4n) is 6.82. The Kier molecular flexibility index (Phi) is 2.06. The van der Waals surface area contributed by atoms with E-state index in [0.29, 0.717) is 18.1 Å². The molecule has 0 aliphatic heterocycles. The van der Waals surface area contributed by atoms with Gasteiger partial charge in [-0.3, -0.25) is 4.79 Å². The maximum Gasteiger partial charge on any atom is 0.141 e. The van der Waals surface area contributed by atoms with Crippen LogP contribution in [0.25, 0.3) is 0 Å². The molecule has 1 saturated carbocycles. The van der Waals surface area contributed by atoms with Crippen LogP contribution in [-0.4, -0.2) is 5.78 Å². The SMILES string of the molecule is O=C1Cc2cc3ccc2CC1C12CCC(C1)C1=C2CCC3C1.